The molecule has 0 aliphatic rings. The van der Waals surface area contributed by atoms with E-state index in [9.17, 15) is 9.18 Å². The molecule has 0 saturated carbocycles. The summed E-state index contributed by atoms with van der Waals surface area (Å²) in [4.78, 5) is 16.4. The summed E-state index contributed by atoms with van der Waals surface area (Å²) in [7, 11) is 0. The van der Waals surface area contributed by atoms with Crippen molar-refractivity contribution in [1.82, 2.24) is 19.9 Å². The molecule has 4 rings (SSSR count). The lowest BCUT2D eigenvalue weighted by atomic mass is 10.2. The van der Waals surface area contributed by atoms with Crippen molar-refractivity contribution < 1.29 is 8.91 Å². The Morgan fingerprint density at radius 2 is 2.00 bits per heavy atom. The molecule has 6 nitrogen and oxygen atoms in total. The minimum atomic E-state index is -0.597. The Morgan fingerprint density at radius 3 is 2.78 bits per heavy atom. The SMILES string of the molecule is Cc1cccc(-n2ccc(=O)c(-c3nc(-c4ccc(Cl)c(F)c4)no3)n2)c1. The van der Waals surface area contributed by atoms with Gasteiger partial charge in [0.25, 0.3) is 5.89 Å². The molecule has 2 heterocycles. The van der Waals surface area contributed by atoms with Crippen molar-refractivity contribution in [2.24, 2.45) is 0 Å². The zero-order chi connectivity index (χ0) is 19.0. The molecule has 0 fully saturated rings. The average Bonchev–Trinajstić information content (AvgIpc) is 3.14. The van der Waals surface area contributed by atoms with Crippen LogP contribution in [0.1, 0.15) is 5.56 Å². The van der Waals surface area contributed by atoms with Crippen LogP contribution in [-0.4, -0.2) is 19.9 Å². The molecule has 0 N–H and O–H groups in total. The highest BCUT2D eigenvalue weighted by molar-refractivity contribution is 6.30. The first-order valence-corrected chi connectivity index (χ1v) is 8.35. The van der Waals surface area contributed by atoms with Crippen LogP contribution in [0.15, 0.2) is 64.0 Å². The number of hydrogen-bond acceptors (Lipinski definition) is 5. The Hall–Kier alpha value is -3.32. The van der Waals surface area contributed by atoms with Gasteiger partial charge in [0, 0.05) is 17.8 Å². The first kappa shape index (κ1) is 17.1. The van der Waals surface area contributed by atoms with Crippen molar-refractivity contribution in [2.45, 2.75) is 6.92 Å². The summed E-state index contributed by atoms with van der Waals surface area (Å²) in [6.45, 7) is 1.96. The van der Waals surface area contributed by atoms with Crippen LogP contribution in [0.3, 0.4) is 0 Å². The highest BCUT2D eigenvalue weighted by Crippen LogP contribution is 2.23. The van der Waals surface area contributed by atoms with Gasteiger partial charge in [-0.05, 0) is 42.8 Å². The molecule has 0 spiro atoms. The third-order valence-corrected chi connectivity index (χ3v) is 4.19. The van der Waals surface area contributed by atoms with Crippen molar-refractivity contribution in [3.8, 4) is 28.7 Å². The molecule has 0 unspecified atom stereocenters. The lowest BCUT2D eigenvalue weighted by Crippen LogP contribution is -2.12. The lowest BCUT2D eigenvalue weighted by Gasteiger charge is -2.06. The molecular weight excluding hydrogens is 371 g/mol. The number of aryl methyl sites for hydroxylation is 1. The van der Waals surface area contributed by atoms with E-state index >= 15 is 0 Å². The number of nitrogens with zero attached hydrogens (tertiary/aromatic N) is 4. The summed E-state index contributed by atoms with van der Waals surface area (Å²) < 4.78 is 20.4. The van der Waals surface area contributed by atoms with Crippen LogP contribution in [0.5, 0.6) is 0 Å². The van der Waals surface area contributed by atoms with E-state index < -0.39 is 5.82 Å². The Labute approximate surface area is 157 Å². The van der Waals surface area contributed by atoms with E-state index in [4.69, 9.17) is 16.1 Å². The van der Waals surface area contributed by atoms with E-state index in [1.165, 1.54) is 18.2 Å². The first-order chi connectivity index (χ1) is 13.0. The van der Waals surface area contributed by atoms with Crippen molar-refractivity contribution in [3.63, 3.8) is 0 Å². The van der Waals surface area contributed by atoms with Gasteiger partial charge in [0.1, 0.15) is 5.82 Å². The molecule has 8 heteroatoms. The molecule has 0 atom stereocenters. The second-order valence-corrected chi connectivity index (χ2v) is 6.27. The normalized spacial score (nSPS) is 10.9. The molecule has 0 bridgehead atoms. The molecule has 2 aromatic carbocycles. The topological polar surface area (TPSA) is 73.8 Å². The van der Waals surface area contributed by atoms with Gasteiger partial charge in [-0.25, -0.2) is 9.07 Å². The summed E-state index contributed by atoms with van der Waals surface area (Å²) in [5.41, 5.74) is 1.86. The quantitative estimate of drug-likeness (QED) is 0.534. The van der Waals surface area contributed by atoms with Gasteiger partial charge in [-0.15, -0.1) is 0 Å². The number of aromatic nitrogens is 4. The Balaban J connectivity index is 1.76. The molecular formula is C19H12ClFN4O2. The lowest BCUT2D eigenvalue weighted by molar-refractivity contribution is 0.429. The number of halogens is 2. The molecule has 134 valence electrons. The summed E-state index contributed by atoms with van der Waals surface area (Å²) in [5, 5.41) is 8.11. The fourth-order valence-electron chi connectivity index (χ4n) is 2.54. The monoisotopic (exact) mass is 382 g/mol. The summed E-state index contributed by atoms with van der Waals surface area (Å²) in [6.07, 6.45) is 1.56. The van der Waals surface area contributed by atoms with E-state index in [1.807, 2.05) is 31.2 Å². The van der Waals surface area contributed by atoms with E-state index in [1.54, 1.807) is 16.9 Å². The Morgan fingerprint density at radius 1 is 1.15 bits per heavy atom. The Kier molecular flexibility index (Phi) is 4.29. The van der Waals surface area contributed by atoms with Gasteiger partial charge < -0.3 is 4.52 Å². The van der Waals surface area contributed by atoms with Gasteiger partial charge in [0.05, 0.1) is 10.7 Å². The minimum absolute atomic E-state index is 0.00626. The van der Waals surface area contributed by atoms with Crippen LogP contribution in [-0.2, 0) is 0 Å². The summed E-state index contributed by atoms with van der Waals surface area (Å²) in [5.74, 6) is -0.514. The van der Waals surface area contributed by atoms with Crippen molar-refractivity contribution in [1.29, 1.82) is 0 Å². The van der Waals surface area contributed by atoms with Gasteiger partial charge in [-0.2, -0.15) is 10.1 Å². The van der Waals surface area contributed by atoms with Crippen LogP contribution >= 0.6 is 11.6 Å². The minimum Gasteiger partial charge on any atom is -0.332 e. The molecule has 0 saturated heterocycles. The van der Waals surface area contributed by atoms with E-state index in [2.05, 4.69) is 15.2 Å². The summed E-state index contributed by atoms with van der Waals surface area (Å²) >= 11 is 5.68. The maximum Gasteiger partial charge on any atom is 0.282 e. The van der Waals surface area contributed by atoms with Crippen LogP contribution in [0.25, 0.3) is 28.7 Å². The highest BCUT2D eigenvalue weighted by atomic mass is 35.5. The van der Waals surface area contributed by atoms with Crippen LogP contribution in [0, 0.1) is 12.7 Å². The largest absolute Gasteiger partial charge is 0.332 e. The number of hydrogen-bond donors (Lipinski definition) is 0. The molecule has 0 amide bonds. The summed E-state index contributed by atoms with van der Waals surface area (Å²) in [6, 6.07) is 13.2. The standard InChI is InChI=1S/C19H12ClFN4O2/c1-11-3-2-4-13(9-11)25-8-7-16(26)17(23-25)19-22-18(24-27-19)12-5-6-14(20)15(21)10-12/h2-10H,1H3. The van der Waals surface area contributed by atoms with Gasteiger partial charge in [0.2, 0.25) is 11.3 Å². The maximum absolute atomic E-state index is 13.6. The fraction of sp³-hybridized carbons (Fsp3) is 0.0526. The molecule has 0 aliphatic heterocycles. The van der Waals surface area contributed by atoms with Gasteiger partial charge in [-0.3, -0.25) is 4.79 Å². The van der Waals surface area contributed by atoms with Crippen LogP contribution in [0.4, 0.5) is 4.39 Å². The highest BCUT2D eigenvalue weighted by Gasteiger charge is 2.17. The van der Waals surface area contributed by atoms with Gasteiger partial charge in [0.15, 0.2) is 5.69 Å². The van der Waals surface area contributed by atoms with E-state index in [-0.39, 0.29) is 27.9 Å². The van der Waals surface area contributed by atoms with Crippen molar-refractivity contribution >= 4 is 11.6 Å². The van der Waals surface area contributed by atoms with Crippen LogP contribution < -0.4 is 5.43 Å². The zero-order valence-corrected chi connectivity index (χ0v) is 14.8. The predicted molar refractivity (Wildman–Crippen MR) is 98.3 cm³/mol. The molecule has 27 heavy (non-hydrogen) atoms. The molecule has 0 radical (unpaired) electrons. The zero-order valence-electron chi connectivity index (χ0n) is 14.1. The van der Waals surface area contributed by atoms with Crippen molar-refractivity contribution in [3.05, 3.63) is 81.4 Å². The average molecular weight is 383 g/mol. The number of benzene rings is 2. The number of rotatable bonds is 3. The molecule has 0 aliphatic carbocycles. The van der Waals surface area contributed by atoms with Crippen LogP contribution in [0.2, 0.25) is 5.02 Å². The molecule has 2 aromatic heterocycles. The third-order valence-electron chi connectivity index (χ3n) is 3.88. The predicted octanol–water partition coefficient (Wildman–Crippen LogP) is 4.05. The van der Waals surface area contributed by atoms with E-state index in [0.29, 0.717) is 5.56 Å². The third kappa shape index (κ3) is 3.37. The van der Waals surface area contributed by atoms with E-state index in [0.717, 1.165) is 11.3 Å². The maximum atomic E-state index is 13.6. The second kappa shape index (κ2) is 6.77. The van der Waals surface area contributed by atoms with Gasteiger partial charge in [-0.1, -0.05) is 28.9 Å². The molecule has 4 aromatic rings. The first-order valence-electron chi connectivity index (χ1n) is 7.98. The Bertz CT molecular complexity index is 1200. The fourth-order valence-corrected chi connectivity index (χ4v) is 2.66. The van der Waals surface area contributed by atoms with Gasteiger partial charge >= 0.3 is 0 Å². The van der Waals surface area contributed by atoms with Crippen molar-refractivity contribution in [2.75, 3.05) is 0 Å². The smallest absolute Gasteiger partial charge is 0.282 e. The second-order valence-electron chi connectivity index (χ2n) is 5.86.